The third-order valence-electron chi connectivity index (χ3n) is 4.38. The van der Waals surface area contributed by atoms with Gasteiger partial charge in [0.15, 0.2) is 5.65 Å². The van der Waals surface area contributed by atoms with Crippen LogP contribution in [0.2, 0.25) is 0 Å². The van der Waals surface area contributed by atoms with Crippen molar-refractivity contribution in [1.82, 2.24) is 19.9 Å². The van der Waals surface area contributed by atoms with E-state index in [-0.39, 0.29) is 0 Å². The molecule has 0 aliphatic rings. The number of aromatic nitrogens is 4. The van der Waals surface area contributed by atoms with Crippen molar-refractivity contribution >= 4 is 28.4 Å². The Morgan fingerprint density at radius 1 is 1.19 bits per heavy atom. The number of rotatable bonds is 5. The second-order valence-electron chi connectivity index (χ2n) is 6.07. The van der Waals surface area contributed by atoms with Crippen LogP contribution in [0.1, 0.15) is 22.8 Å². The van der Waals surface area contributed by atoms with Crippen molar-refractivity contribution in [2.45, 2.75) is 13.3 Å². The minimum atomic E-state index is -0.557. The molecule has 0 atom stereocenters. The molecule has 4 rings (SSSR count). The number of fused-ring (bicyclic) bond motifs is 1. The van der Waals surface area contributed by atoms with E-state index in [1.54, 1.807) is 12.4 Å². The highest BCUT2D eigenvalue weighted by Gasteiger charge is 2.18. The molecule has 4 N–H and O–H groups in total. The molecule has 0 radical (unpaired) electrons. The monoisotopic (exact) mass is 358 g/mol. The minimum Gasteiger partial charge on any atom is -0.365 e. The first-order chi connectivity index (χ1) is 13.2. The van der Waals surface area contributed by atoms with Crippen LogP contribution >= 0.6 is 0 Å². The van der Waals surface area contributed by atoms with Crippen molar-refractivity contribution in [1.29, 1.82) is 0 Å². The predicted octanol–water partition coefficient (Wildman–Crippen LogP) is 3.42. The number of anilines is 2. The number of hydrogen-bond donors (Lipinski definition) is 3. The Bertz CT molecular complexity index is 1120. The van der Waals surface area contributed by atoms with E-state index in [1.807, 2.05) is 36.4 Å². The lowest BCUT2D eigenvalue weighted by atomic mass is 10.1. The quantitative estimate of drug-likeness (QED) is 0.506. The number of pyridine rings is 2. The van der Waals surface area contributed by atoms with Gasteiger partial charge in [0.1, 0.15) is 11.3 Å². The fraction of sp³-hybridized carbons (Fsp3) is 0.100. The highest BCUT2D eigenvalue weighted by Crippen LogP contribution is 2.31. The molecule has 0 saturated carbocycles. The lowest BCUT2D eigenvalue weighted by molar-refractivity contribution is 0.100. The number of primary amides is 1. The van der Waals surface area contributed by atoms with E-state index in [2.05, 4.69) is 32.2 Å². The number of imidazole rings is 1. The summed E-state index contributed by atoms with van der Waals surface area (Å²) >= 11 is 0. The zero-order valence-electron chi connectivity index (χ0n) is 14.7. The molecular formula is C20H18N6O. The number of benzene rings is 1. The van der Waals surface area contributed by atoms with Crippen LogP contribution in [0.4, 0.5) is 11.4 Å². The average Bonchev–Trinajstić information content (AvgIpc) is 3.14. The van der Waals surface area contributed by atoms with Gasteiger partial charge in [-0.25, -0.2) is 9.97 Å². The van der Waals surface area contributed by atoms with Crippen molar-refractivity contribution in [3.05, 3.63) is 66.1 Å². The van der Waals surface area contributed by atoms with E-state index < -0.39 is 5.91 Å². The SMILES string of the molecule is CCc1ccccc1Nc1c(C(N)=O)cnc2nc(-c3cccnc3)[nH]c12. The summed E-state index contributed by atoms with van der Waals surface area (Å²) in [5, 5.41) is 3.35. The molecule has 134 valence electrons. The maximum absolute atomic E-state index is 12.0. The molecular weight excluding hydrogens is 340 g/mol. The Labute approximate surface area is 155 Å². The fourth-order valence-corrected chi connectivity index (χ4v) is 3.00. The van der Waals surface area contributed by atoms with Crippen molar-refractivity contribution in [2.24, 2.45) is 5.73 Å². The predicted molar refractivity (Wildman–Crippen MR) is 105 cm³/mol. The number of carbonyl (C=O) groups excluding carboxylic acids is 1. The van der Waals surface area contributed by atoms with Gasteiger partial charge < -0.3 is 16.0 Å². The molecule has 27 heavy (non-hydrogen) atoms. The number of nitrogens with two attached hydrogens (primary N) is 1. The minimum absolute atomic E-state index is 0.301. The Morgan fingerprint density at radius 3 is 2.78 bits per heavy atom. The molecule has 3 aromatic heterocycles. The Kier molecular flexibility index (Phi) is 4.25. The van der Waals surface area contributed by atoms with E-state index in [0.717, 1.165) is 23.2 Å². The van der Waals surface area contributed by atoms with Crippen LogP contribution in [0.25, 0.3) is 22.6 Å². The van der Waals surface area contributed by atoms with Crippen molar-refractivity contribution < 1.29 is 4.79 Å². The van der Waals surface area contributed by atoms with Gasteiger partial charge in [-0.15, -0.1) is 0 Å². The molecule has 4 aromatic rings. The second kappa shape index (κ2) is 6.87. The lowest BCUT2D eigenvalue weighted by Gasteiger charge is -2.13. The highest BCUT2D eigenvalue weighted by molar-refractivity contribution is 6.06. The van der Waals surface area contributed by atoms with Gasteiger partial charge in [-0.1, -0.05) is 25.1 Å². The number of nitrogens with one attached hydrogen (secondary N) is 2. The summed E-state index contributed by atoms with van der Waals surface area (Å²) in [7, 11) is 0. The van der Waals surface area contributed by atoms with Crippen molar-refractivity contribution in [2.75, 3.05) is 5.32 Å². The van der Waals surface area contributed by atoms with Crippen LogP contribution in [0, 0.1) is 0 Å². The smallest absolute Gasteiger partial charge is 0.252 e. The molecule has 0 fully saturated rings. The van der Waals surface area contributed by atoms with Gasteiger partial charge in [0.25, 0.3) is 5.91 Å². The third kappa shape index (κ3) is 3.10. The molecule has 0 aliphatic carbocycles. The molecule has 1 aromatic carbocycles. The summed E-state index contributed by atoms with van der Waals surface area (Å²) < 4.78 is 0. The molecule has 0 aliphatic heterocycles. The van der Waals surface area contributed by atoms with Crippen LogP contribution in [0.3, 0.4) is 0 Å². The van der Waals surface area contributed by atoms with Gasteiger partial charge >= 0.3 is 0 Å². The average molecular weight is 358 g/mol. The summed E-state index contributed by atoms with van der Waals surface area (Å²) in [6, 6.07) is 11.7. The number of amides is 1. The summed E-state index contributed by atoms with van der Waals surface area (Å²) in [5.41, 5.74) is 10.4. The molecule has 0 unspecified atom stereocenters. The zero-order chi connectivity index (χ0) is 18.8. The number of para-hydroxylation sites is 1. The van der Waals surface area contributed by atoms with Gasteiger partial charge in [-0.3, -0.25) is 9.78 Å². The highest BCUT2D eigenvalue weighted by atomic mass is 16.1. The number of hydrogen-bond acceptors (Lipinski definition) is 5. The number of carbonyl (C=O) groups is 1. The van der Waals surface area contributed by atoms with Crippen LogP contribution in [0.15, 0.2) is 55.0 Å². The van der Waals surface area contributed by atoms with Crippen LogP contribution < -0.4 is 11.1 Å². The van der Waals surface area contributed by atoms with Gasteiger partial charge in [0.05, 0.1) is 11.3 Å². The fourth-order valence-electron chi connectivity index (χ4n) is 3.00. The number of aryl methyl sites for hydroxylation is 1. The van der Waals surface area contributed by atoms with Gasteiger partial charge in [-0.2, -0.15) is 0 Å². The van der Waals surface area contributed by atoms with E-state index in [9.17, 15) is 4.79 Å². The van der Waals surface area contributed by atoms with Crippen LogP contribution in [-0.4, -0.2) is 25.8 Å². The zero-order valence-corrected chi connectivity index (χ0v) is 14.7. The molecule has 3 heterocycles. The van der Waals surface area contributed by atoms with Crippen LogP contribution in [0.5, 0.6) is 0 Å². The number of H-pyrrole nitrogens is 1. The maximum atomic E-state index is 12.0. The van der Waals surface area contributed by atoms with Crippen molar-refractivity contribution in [3.8, 4) is 11.4 Å². The van der Waals surface area contributed by atoms with E-state index in [4.69, 9.17) is 5.73 Å². The van der Waals surface area contributed by atoms with Gasteiger partial charge in [-0.05, 0) is 30.2 Å². The Morgan fingerprint density at radius 2 is 2.04 bits per heavy atom. The van der Waals surface area contributed by atoms with E-state index in [1.165, 1.54) is 6.20 Å². The topological polar surface area (TPSA) is 110 Å². The summed E-state index contributed by atoms with van der Waals surface area (Å²) in [6.07, 6.45) is 5.72. The van der Waals surface area contributed by atoms with Gasteiger partial charge in [0.2, 0.25) is 0 Å². The molecule has 7 heteroatoms. The Hall–Kier alpha value is -3.74. The lowest BCUT2D eigenvalue weighted by Crippen LogP contribution is -2.14. The first-order valence-corrected chi connectivity index (χ1v) is 8.61. The van der Waals surface area contributed by atoms with Gasteiger partial charge in [0, 0.05) is 29.8 Å². The van der Waals surface area contributed by atoms with Crippen molar-refractivity contribution in [3.63, 3.8) is 0 Å². The molecule has 0 saturated heterocycles. The maximum Gasteiger partial charge on any atom is 0.252 e. The summed E-state index contributed by atoms with van der Waals surface area (Å²) in [6.45, 7) is 2.08. The molecule has 7 nitrogen and oxygen atoms in total. The Balaban J connectivity index is 1.89. The van der Waals surface area contributed by atoms with E-state index >= 15 is 0 Å². The standard InChI is InChI=1S/C20H18N6O/c1-2-12-6-3-4-8-15(12)24-16-14(18(21)27)11-23-20-17(16)25-19(26-20)13-7-5-9-22-10-13/h3-11H,2H2,1H3,(H2,21,27)(H2,23,24,25,26). The van der Waals surface area contributed by atoms with E-state index in [0.29, 0.717) is 28.2 Å². The molecule has 0 spiro atoms. The third-order valence-corrected chi connectivity index (χ3v) is 4.38. The molecule has 0 bridgehead atoms. The molecule has 1 amide bonds. The second-order valence-corrected chi connectivity index (χ2v) is 6.07. The van der Waals surface area contributed by atoms with Crippen LogP contribution in [-0.2, 0) is 6.42 Å². The largest absolute Gasteiger partial charge is 0.365 e. The summed E-state index contributed by atoms with van der Waals surface area (Å²) in [4.78, 5) is 28.2. The first-order valence-electron chi connectivity index (χ1n) is 8.61. The number of nitrogens with zero attached hydrogens (tertiary/aromatic N) is 3. The number of aromatic amines is 1. The first kappa shape index (κ1) is 16.7. The normalized spacial score (nSPS) is 10.9. The summed E-state index contributed by atoms with van der Waals surface area (Å²) in [5.74, 6) is 0.0671.